The van der Waals surface area contributed by atoms with Crippen molar-refractivity contribution in [1.29, 1.82) is 0 Å². The van der Waals surface area contributed by atoms with Crippen LogP contribution in [0.15, 0.2) is 65.1 Å². The lowest BCUT2D eigenvalue weighted by Gasteiger charge is -2.20. The van der Waals surface area contributed by atoms with Crippen molar-refractivity contribution in [2.75, 3.05) is 7.05 Å². The Balaban J connectivity index is 2.20. The van der Waals surface area contributed by atoms with E-state index in [4.69, 9.17) is 0 Å². The highest BCUT2D eigenvalue weighted by atomic mass is 79.9. The molecular formula is C19H18BrN. The van der Waals surface area contributed by atoms with Crippen LogP contribution < -0.4 is 5.32 Å². The van der Waals surface area contributed by atoms with Crippen molar-refractivity contribution in [3.63, 3.8) is 0 Å². The maximum Gasteiger partial charge on any atom is 0.0580 e. The summed E-state index contributed by atoms with van der Waals surface area (Å²) >= 11 is 3.65. The fourth-order valence-corrected chi connectivity index (χ4v) is 3.37. The molecule has 0 saturated carbocycles. The summed E-state index contributed by atoms with van der Waals surface area (Å²) in [5.74, 6) is 0. The SMILES string of the molecule is CNC(c1cccc(C)c1)c1ccc(Br)c2ccccc12. The minimum atomic E-state index is 0.197. The van der Waals surface area contributed by atoms with Gasteiger partial charge in [-0.3, -0.25) is 0 Å². The summed E-state index contributed by atoms with van der Waals surface area (Å²) in [6, 6.07) is 21.8. The Morgan fingerprint density at radius 3 is 2.38 bits per heavy atom. The maximum absolute atomic E-state index is 3.65. The first-order valence-corrected chi connectivity index (χ1v) is 7.91. The lowest BCUT2D eigenvalue weighted by Crippen LogP contribution is -2.18. The van der Waals surface area contributed by atoms with Crippen LogP contribution in [0.1, 0.15) is 22.7 Å². The van der Waals surface area contributed by atoms with E-state index in [9.17, 15) is 0 Å². The fourth-order valence-electron chi connectivity index (χ4n) is 2.89. The van der Waals surface area contributed by atoms with Gasteiger partial charge in [-0.25, -0.2) is 0 Å². The number of rotatable bonds is 3. The normalized spacial score (nSPS) is 12.5. The quantitative estimate of drug-likeness (QED) is 0.689. The summed E-state index contributed by atoms with van der Waals surface area (Å²) in [4.78, 5) is 0. The van der Waals surface area contributed by atoms with E-state index in [1.165, 1.54) is 27.5 Å². The van der Waals surface area contributed by atoms with E-state index >= 15 is 0 Å². The fraction of sp³-hybridized carbons (Fsp3) is 0.158. The molecular weight excluding hydrogens is 322 g/mol. The zero-order valence-electron chi connectivity index (χ0n) is 12.2. The second-order valence-corrected chi connectivity index (χ2v) is 6.17. The first-order valence-electron chi connectivity index (χ1n) is 7.11. The smallest absolute Gasteiger partial charge is 0.0580 e. The highest BCUT2D eigenvalue weighted by Crippen LogP contribution is 2.33. The number of hydrogen-bond acceptors (Lipinski definition) is 1. The molecule has 0 bridgehead atoms. The van der Waals surface area contributed by atoms with Gasteiger partial charge in [0.15, 0.2) is 0 Å². The van der Waals surface area contributed by atoms with Crippen molar-refractivity contribution in [3.8, 4) is 0 Å². The minimum Gasteiger partial charge on any atom is -0.309 e. The zero-order valence-corrected chi connectivity index (χ0v) is 13.8. The standard InChI is InChI=1S/C19H18BrN/c1-13-6-5-7-14(12-13)19(21-2)17-10-11-18(20)16-9-4-3-8-15(16)17/h3-12,19,21H,1-2H3. The van der Waals surface area contributed by atoms with Crippen LogP contribution in [-0.2, 0) is 0 Å². The number of benzene rings is 3. The van der Waals surface area contributed by atoms with Gasteiger partial charge in [-0.2, -0.15) is 0 Å². The second kappa shape index (κ2) is 6.00. The van der Waals surface area contributed by atoms with Crippen molar-refractivity contribution in [2.45, 2.75) is 13.0 Å². The third-order valence-corrected chi connectivity index (χ3v) is 4.57. The van der Waals surface area contributed by atoms with Crippen molar-refractivity contribution in [2.24, 2.45) is 0 Å². The lowest BCUT2D eigenvalue weighted by atomic mass is 9.93. The number of fused-ring (bicyclic) bond motifs is 1. The average molecular weight is 340 g/mol. The molecule has 1 N–H and O–H groups in total. The Morgan fingerprint density at radius 1 is 0.905 bits per heavy atom. The molecule has 1 atom stereocenters. The van der Waals surface area contributed by atoms with Crippen LogP contribution >= 0.6 is 15.9 Å². The largest absolute Gasteiger partial charge is 0.309 e. The van der Waals surface area contributed by atoms with Gasteiger partial charge in [0.2, 0.25) is 0 Å². The average Bonchev–Trinajstić information content (AvgIpc) is 2.51. The van der Waals surface area contributed by atoms with E-state index in [-0.39, 0.29) is 6.04 Å². The Labute approximate surface area is 134 Å². The molecule has 0 amide bonds. The van der Waals surface area contributed by atoms with Gasteiger partial charge < -0.3 is 5.32 Å². The van der Waals surface area contributed by atoms with Crippen molar-refractivity contribution in [1.82, 2.24) is 5.32 Å². The predicted octanol–water partition coefficient (Wildman–Crippen LogP) is 5.22. The summed E-state index contributed by atoms with van der Waals surface area (Å²) in [6.07, 6.45) is 0. The van der Waals surface area contributed by atoms with E-state index < -0.39 is 0 Å². The maximum atomic E-state index is 3.65. The van der Waals surface area contributed by atoms with Gasteiger partial charge in [0, 0.05) is 4.47 Å². The van der Waals surface area contributed by atoms with E-state index in [1.54, 1.807) is 0 Å². The minimum absolute atomic E-state index is 0.197. The van der Waals surface area contributed by atoms with Crippen LogP contribution in [0.2, 0.25) is 0 Å². The summed E-state index contributed by atoms with van der Waals surface area (Å²) in [6.45, 7) is 2.13. The summed E-state index contributed by atoms with van der Waals surface area (Å²) in [5, 5.41) is 6.00. The highest BCUT2D eigenvalue weighted by Gasteiger charge is 2.15. The topological polar surface area (TPSA) is 12.0 Å². The Bertz CT molecular complexity index is 779. The number of halogens is 1. The Kier molecular flexibility index (Phi) is 4.09. The van der Waals surface area contributed by atoms with Crippen LogP contribution in [0.5, 0.6) is 0 Å². The number of nitrogens with one attached hydrogen (secondary N) is 1. The van der Waals surface area contributed by atoms with Gasteiger partial charge in [0.1, 0.15) is 0 Å². The molecule has 0 aliphatic carbocycles. The highest BCUT2D eigenvalue weighted by molar-refractivity contribution is 9.10. The molecule has 3 aromatic carbocycles. The molecule has 3 rings (SSSR count). The molecule has 0 aliphatic heterocycles. The first-order chi connectivity index (χ1) is 10.2. The molecule has 0 spiro atoms. The van der Waals surface area contributed by atoms with E-state index in [2.05, 4.69) is 88.8 Å². The van der Waals surface area contributed by atoms with E-state index in [0.717, 1.165) is 4.47 Å². The van der Waals surface area contributed by atoms with E-state index in [0.29, 0.717) is 0 Å². The predicted molar refractivity (Wildman–Crippen MR) is 93.7 cm³/mol. The van der Waals surface area contributed by atoms with Gasteiger partial charge >= 0.3 is 0 Å². The third-order valence-electron chi connectivity index (χ3n) is 3.88. The first kappa shape index (κ1) is 14.3. The number of hydrogen-bond donors (Lipinski definition) is 1. The molecule has 0 aromatic heterocycles. The van der Waals surface area contributed by atoms with Gasteiger partial charge in [-0.1, -0.05) is 76.1 Å². The van der Waals surface area contributed by atoms with E-state index in [1.807, 2.05) is 7.05 Å². The van der Waals surface area contributed by atoms with Crippen molar-refractivity contribution in [3.05, 3.63) is 81.8 Å². The molecule has 0 saturated heterocycles. The van der Waals surface area contributed by atoms with Gasteiger partial charge in [-0.15, -0.1) is 0 Å². The zero-order chi connectivity index (χ0) is 14.8. The Hall–Kier alpha value is -1.64. The molecule has 0 radical (unpaired) electrons. The van der Waals surface area contributed by atoms with Crippen LogP contribution in [0.4, 0.5) is 0 Å². The summed E-state index contributed by atoms with van der Waals surface area (Å²) < 4.78 is 1.14. The lowest BCUT2D eigenvalue weighted by molar-refractivity contribution is 0.696. The molecule has 1 nitrogen and oxygen atoms in total. The molecule has 3 aromatic rings. The van der Waals surface area contributed by atoms with Crippen LogP contribution in [0.3, 0.4) is 0 Å². The molecule has 2 heteroatoms. The second-order valence-electron chi connectivity index (χ2n) is 5.32. The third kappa shape index (κ3) is 2.74. The van der Waals surface area contributed by atoms with Crippen LogP contribution in [0.25, 0.3) is 10.8 Å². The molecule has 21 heavy (non-hydrogen) atoms. The summed E-state index contributed by atoms with van der Waals surface area (Å²) in [5.41, 5.74) is 3.89. The van der Waals surface area contributed by atoms with Crippen molar-refractivity contribution >= 4 is 26.7 Å². The van der Waals surface area contributed by atoms with Gasteiger partial charge in [0.25, 0.3) is 0 Å². The summed E-state index contributed by atoms with van der Waals surface area (Å²) in [7, 11) is 2.02. The Morgan fingerprint density at radius 2 is 1.67 bits per heavy atom. The van der Waals surface area contributed by atoms with Gasteiger partial charge in [-0.05, 0) is 41.9 Å². The van der Waals surface area contributed by atoms with Crippen LogP contribution in [0, 0.1) is 6.92 Å². The monoisotopic (exact) mass is 339 g/mol. The molecule has 0 fully saturated rings. The van der Waals surface area contributed by atoms with Crippen LogP contribution in [-0.4, -0.2) is 7.05 Å². The molecule has 0 aliphatic rings. The van der Waals surface area contributed by atoms with Crippen molar-refractivity contribution < 1.29 is 0 Å². The molecule has 1 unspecified atom stereocenters. The molecule has 0 heterocycles. The number of aryl methyl sites for hydroxylation is 1. The molecule has 106 valence electrons. The van der Waals surface area contributed by atoms with Gasteiger partial charge in [0.05, 0.1) is 6.04 Å².